The Labute approximate surface area is 131 Å². The maximum Gasteiger partial charge on any atom is 0.265 e. The third kappa shape index (κ3) is 3.78. The molecule has 0 atom stereocenters. The lowest BCUT2D eigenvalue weighted by Gasteiger charge is -2.31. The highest BCUT2D eigenvalue weighted by Crippen LogP contribution is 2.34. The van der Waals surface area contributed by atoms with E-state index in [-0.39, 0.29) is 24.9 Å². The van der Waals surface area contributed by atoms with E-state index in [1.165, 1.54) is 0 Å². The first-order chi connectivity index (χ1) is 9.15. The second-order valence-corrected chi connectivity index (χ2v) is 4.91. The summed E-state index contributed by atoms with van der Waals surface area (Å²) >= 11 is 6.00. The molecule has 1 amide bonds. The zero-order valence-electron chi connectivity index (χ0n) is 11.8. The third-order valence-electron chi connectivity index (χ3n) is 3.40. The van der Waals surface area contributed by atoms with Gasteiger partial charge in [0.1, 0.15) is 5.75 Å². The lowest BCUT2D eigenvalue weighted by molar-refractivity contribution is -0.121. The standard InChI is InChI=1S/C14H19ClN2O2.ClH/c1-3-16(4-2)7-8-17-12-9-11(15)5-6-13(12)19-10-14(17)18;/h5-6,9H,3-4,7-8,10H2,1-2H3;1H. The Hall–Kier alpha value is -0.970. The lowest BCUT2D eigenvalue weighted by Crippen LogP contribution is -2.43. The van der Waals surface area contributed by atoms with Crippen molar-refractivity contribution in [3.8, 4) is 5.75 Å². The van der Waals surface area contributed by atoms with Crippen LogP contribution in [0.4, 0.5) is 5.69 Å². The van der Waals surface area contributed by atoms with Crippen molar-refractivity contribution in [2.24, 2.45) is 0 Å². The molecule has 0 unspecified atom stereocenters. The summed E-state index contributed by atoms with van der Waals surface area (Å²) in [5, 5.41) is 0.616. The number of benzene rings is 1. The molecule has 0 aromatic heterocycles. The van der Waals surface area contributed by atoms with Crippen molar-refractivity contribution in [1.82, 2.24) is 4.90 Å². The van der Waals surface area contributed by atoms with Crippen LogP contribution in [0, 0.1) is 0 Å². The van der Waals surface area contributed by atoms with Gasteiger partial charge in [-0.05, 0) is 31.3 Å². The quantitative estimate of drug-likeness (QED) is 0.837. The fraction of sp³-hybridized carbons (Fsp3) is 0.500. The highest BCUT2D eigenvalue weighted by Gasteiger charge is 2.25. The SMILES string of the molecule is CCN(CC)CCN1C(=O)COc2ccc(Cl)cc21.Cl. The van der Waals surface area contributed by atoms with E-state index < -0.39 is 0 Å². The Morgan fingerprint density at radius 3 is 2.70 bits per heavy atom. The molecule has 2 rings (SSSR count). The highest BCUT2D eigenvalue weighted by atomic mass is 35.5. The van der Waals surface area contributed by atoms with Gasteiger partial charge in [0.05, 0.1) is 5.69 Å². The lowest BCUT2D eigenvalue weighted by atomic mass is 10.2. The molecular weight excluding hydrogens is 299 g/mol. The molecule has 6 heteroatoms. The number of carbonyl (C=O) groups is 1. The summed E-state index contributed by atoms with van der Waals surface area (Å²) in [4.78, 5) is 16.0. The van der Waals surface area contributed by atoms with Crippen LogP contribution in [-0.4, -0.2) is 43.6 Å². The van der Waals surface area contributed by atoms with Gasteiger partial charge in [0.25, 0.3) is 5.91 Å². The van der Waals surface area contributed by atoms with E-state index in [9.17, 15) is 4.79 Å². The number of halogens is 2. The van der Waals surface area contributed by atoms with Crippen LogP contribution in [0.25, 0.3) is 0 Å². The summed E-state index contributed by atoms with van der Waals surface area (Å²) in [6.45, 7) is 7.83. The van der Waals surface area contributed by atoms with Crippen LogP contribution in [0.3, 0.4) is 0 Å². The molecule has 1 aliphatic rings. The molecule has 0 fully saturated rings. The molecule has 0 saturated carbocycles. The zero-order chi connectivity index (χ0) is 13.8. The van der Waals surface area contributed by atoms with Crippen molar-refractivity contribution in [2.75, 3.05) is 37.7 Å². The summed E-state index contributed by atoms with van der Waals surface area (Å²) in [6.07, 6.45) is 0. The largest absolute Gasteiger partial charge is 0.482 e. The predicted molar refractivity (Wildman–Crippen MR) is 84.3 cm³/mol. The summed E-state index contributed by atoms with van der Waals surface area (Å²) in [5.41, 5.74) is 0.774. The van der Waals surface area contributed by atoms with Gasteiger partial charge < -0.3 is 14.5 Å². The molecule has 20 heavy (non-hydrogen) atoms. The van der Waals surface area contributed by atoms with Crippen molar-refractivity contribution in [2.45, 2.75) is 13.8 Å². The first kappa shape index (κ1) is 17.1. The Morgan fingerprint density at radius 2 is 2.05 bits per heavy atom. The Balaban J connectivity index is 0.00000200. The molecule has 0 spiro atoms. The van der Waals surface area contributed by atoms with Gasteiger partial charge in [-0.2, -0.15) is 0 Å². The van der Waals surface area contributed by atoms with Crippen LogP contribution >= 0.6 is 24.0 Å². The molecule has 0 aliphatic carbocycles. The fourth-order valence-corrected chi connectivity index (χ4v) is 2.37. The molecule has 0 saturated heterocycles. The van der Waals surface area contributed by atoms with Crippen LogP contribution in [0.5, 0.6) is 5.75 Å². The maximum absolute atomic E-state index is 12.0. The Kier molecular flexibility index (Phi) is 6.59. The summed E-state index contributed by atoms with van der Waals surface area (Å²) in [6, 6.07) is 5.38. The number of hydrogen-bond acceptors (Lipinski definition) is 3. The van der Waals surface area contributed by atoms with Crippen molar-refractivity contribution in [3.05, 3.63) is 23.2 Å². The monoisotopic (exact) mass is 318 g/mol. The number of likely N-dealkylation sites (N-methyl/N-ethyl adjacent to an activating group) is 1. The average molecular weight is 319 g/mol. The van der Waals surface area contributed by atoms with Crippen LogP contribution in [-0.2, 0) is 4.79 Å². The van der Waals surface area contributed by atoms with Gasteiger partial charge in [-0.3, -0.25) is 4.79 Å². The zero-order valence-corrected chi connectivity index (χ0v) is 13.3. The van der Waals surface area contributed by atoms with Gasteiger partial charge in [0.15, 0.2) is 6.61 Å². The summed E-state index contributed by atoms with van der Waals surface area (Å²) < 4.78 is 5.42. The van der Waals surface area contributed by atoms with Gasteiger partial charge in [-0.1, -0.05) is 25.4 Å². The third-order valence-corrected chi connectivity index (χ3v) is 3.63. The molecule has 1 aromatic carbocycles. The van der Waals surface area contributed by atoms with Crippen molar-refractivity contribution < 1.29 is 9.53 Å². The molecule has 1 aromatic rings. The van der Waals surface area contributed by atoms with Gasteiger partial charge in [0, 0.05) is 18.1 Å². The number of amides is 1. The van der Waals surface area contributed by atoms with E-state index in [0.717, 1.165) is 31.1 Å². The number of carbonyl (C=O) groups excluding carboxylic acids is 1. The topological polar surface area (TPSA) is 32.8 Å². The van der Waals surface area contributed by atoms with E-state index in [4.69, 9.17) is 16.3 Å². The molecule has 0 bridgehead atoms. The predicted octanol–water partition coefficient (Wildman–Crippen LogP) is 2.83. The van der Waals surface area contributed by atoms with E-state index in [1.54, 1.807) is 17.0 Å². The Bertz CT molecular complexity index is 464. The van der Waals surface area contributed by atoms with Crippen LogP contribution in [0.1, 0.15) is 13.8 Å². The average Bonchev–Trinajstić information content (AvgIpc) is 2.42. The normalized spacial score (nSPS) is 13.8. The molecule has 4 nitrogen and oxygen atoms in total. The molecule has 0 N–H and O–H groups in total. The van der Waals surface area contributed by atoms with Crippen LogP contribution in [0.2, 0.25) is 5.02 Å². The molecular formula is C14H20Cl2N2O2. The minimum Gasteiger partial charge on any atom is -0.482 e. The van der Waals surface area contributed by atoms with Gasteiger partial charge >= 0.3 is 0 Å². The van der Waals surface area contributed by atoms with Crippen molar-refractivity contribution in [3.63, 3.8) is 0 Å². The van der Waals surface area contributed by atoms with E-state index in [2.05, 4.69) is 18.7 Å². The van der Waals surface area contributed by atoms with Gasteiger partial charge in [0.2, 0.25) is 0 Å². The molecule has 0 radical (unpaired) electrons. The minimum absolute atomic E-state index is 0. The van der Waals surface area contributed by atoms with Crippen LogP contribution in [0.15, 0.2) is 18.2 Å². The highest BCUT2D eigenvalue weighted by molar-refractivity contribution is 6.31. The number of anilines is 1. The second-order valence-electron chi connectivity index (χ2n) is 4.47. The Morgan fingerprint density at radius 1 is 1.35 bits per heavy atom. The second kappa shape index (κ2) is 7.72. The molecule has 1 aliphatic heterocycles. The first-order valence-corrected chi connectivity index (χ1v) is 6.98. The number of rotatable bonds is 5. The molecule has 1 heterocycles. The maximum atomic E-state index is 12.0. The van der Waals surface area contributed by atoms with Gasteiger partial charge in [-0.25, -0.2) is 0 Å². The summed E-state index contributed by atoms with van der Waals surface area (Å²) in [7, 11) is 0. The van der Waals surface area contributed by atoms with E-state index in [0.29, 0.717) is 11.6 Å². The van der Waals surface area contributed by atoms with E-state index >= 15 is 0 Å². The van der Waals surface area contributed by atoms with Crippen LogP contribution < -0.4 is 9.64 Å². The fourth-order valence-electron chi connectivity index (χ4n) is 2.20. The number of ether oxygens (including phenoxy) is 1. The molecule has 112 valence electrons. The summed E-state index contributed by atoms with van der Waals surface area (Å²) in [5.74, 6) is 0.713. The van der Waals surface area contributed by atoms with E-state index in [1.807, 2.05) is 6.07 Å². The number of hydrogen-bond donors (Lipinski definition) is 0. The minimum atomic E-state index is -0.0121. The van der Waals surface area contributed by atoms with Crippen molar-refractivity contribution in [1.29, 1.82) is 0 Å². The van der Waals surface area contributed by atoms with Crippen molar-refractivity contribution >= 4 is 35.6 Å². The smallest absolute Gasteiger partial charge is 0.265 e. The number of nitrogens with zero attached hydrogens (tertiary/aromatic N) is 2. The number of fused-ring (bicyclic) bond motifs is 1. The first-order valence-electron chi connectivity index (χ1n) is 6.60. The van der Waals surface area contributed by atoms with Gasteiger partial charge in [-0.15, -0.1) is 12.4 Å².